The number of anilines is 4. The van der Waals surface area contributed by atoms with Crippen molar-refractivity contribution in [1.29, 1.82) is 0 Å². The highest BCUT2D eigenvalue weighted by Gasteiger charge is 2.17. The zero-order valence-electron chi connectivity index (χ0n) is 22.9. The van der Waals surface area contributed by atoms with Crippen LogP contribution in [0.3, 0.4) is 0 Å². The number of halogens is 2. The highest BCUT2D eigenvalue weighted by atomic mass is 127. The highest BCUT2D eigenvalue weighted by Crippen LogP contribution is 2.37. The fourth-order valence-electron chi connectivity index (χ4n) is 4.39. The summed E-state index contributed by atoms with van der Waals surface area (Å²) in [6, 6.07) is 12.4. The number of alkyl halides is 1. The van der Waals surface area contributed by atoms with Gasteiger partial charge in [0.15, 0.2) is 6.79 Å². The molecule has 2 heterocycles. The van der Waals surface area contributed by atoms with Gasteiger partial charge in [0.2, 0.25) is 11.9 Å². The van der Waals surface area contributed by atoms with Crippen LogP contribution in [0.25, 0.3) is 11.3 Å². The van der Waals surface area contributed by atoms with Crippen LogP contribution in [0.15, 0.2) is 48.7 Å². The quantitative estimate of drug-likeness (QED) is 0.0487. The summed E-state index contributed by atoms with van der Waals surface area (Å²) in [5.74, 6) is 0.476. The van der Waals surface area contributed by atoms with E-state index in [4.69, 9.17) is 26.1 Å². The third-order valence-corrected chi connectivity index (χ3v) is 8.32. The van der Waals surface area contributed by atoms with Crippen molar-refractivity contribution in [3.63, 3.8) is 0 Å². The molecule has 0 saturated carbocycles. The van der Waals surface area contributed by atoms with Gasteiger partial charge < -0.3 is 35.4 Å². The van der Waals surface area contributed by atoms with Gasteiger partial charge in [0.05, 0.1) is 22.6 Å². The summed E-state index contributed by atoms with van der Waals surface area (Å²) in [5.41, 5.74) is 3.06. The maximum absolute atomic E-state index is 11.5. The Balaban J connectivity index is 1.47. The second-order valence-electron chi connectivity index (χ2n) is 9.67. The molecule has 1 amide bonds. The van der Waals surface area contributed by atoms with Gasteiger partial charge in [0.1, 0.15) is 5.75 Å². The molecule has 0 bridgehead atoms. The second-order valence-corrected chi connectivity index (χ2v) is 13.1. The number of aromatic nitrogens is 2. The molecule has 1 aliphatic heterocycles. The molecular weight excluding hydrogens is 698 g/mol. The number of hydrogen-bond acceptors (Lipinski definition) is 9. The van der Waals surface area contributed by atoms with Crippen LogP contribution in [-0.2, 0) is 13.9 Å². The predicted octanol–water partition coefficient (Wildman–Crippen LogP) is 5.65. The zero-order chi connectivity index (χ0) is 30.1. The molecule has 42 heavy (non-hydrogen) atoms. The van der Waals surface area contributed by atoms with Gasteiger partial charge in [-0.05, 0) is 69.2 Å². The molecule has 1 aromatic heterocycles. The lowest BCUT2D eigenvalue weighted by atomic mass is 10.1. The number of piperidine rings is 1. The van der Waals surface area contributed by atoms with Crippen LogP contribution >= 0.6 is 42.0 Å². The first kappa shape index (κ1) is 32.4. The Labute approximate surface area is 262 Å². The molecule has 226 valence electrons. The highest BCUT2D eigenvalue weighted by molar-refractivity contribution is 14.1. The summed E-state index contributed by atoms with van der Waals surface area (Å²) in [6.07, 6.45) is 4.81. The molecule has 4 rings (SSSR count). The SMILES string of the molecule is CC(=O)Nc1cccc(-c2nc(Nc3ccc(OCOP(=O)(O)O)c(NCCCN4CCC(I)CC4)c3)ncc2Cl)c1. The number of nitrogens with zero attached hydrogens (tertiary/aromatic N) is 3. The molecular formula is C27H33ClIN6O6P. The smallest absolute Gasteiger partial charge is 0.465 e. The molecule has 2 aromatic carbocycles. The standard InChI is InChI=1S/C27H33ClIN6O6P/c1-18(36)32-21-5-2-4-19(14-21)26-23(28)16-31-27(34-26)33-22-6-7-25(40-17-41-42(37,38)39)24(15-22)30-10-3-11-35-12-8-20(29)9-13-35/h2,4-7,14-16,20,30H,3,8-13,17H2,1H3,(H,32,36)(H,31,33,34)(H2,37,38,39). The van der Waals surface area contributed by atoms with E-state index in [9.17, 15) is 9.36 Å². The number of phosphoric acid groups is 1. The minimum atomic E-state index is -4.68. The first-order chi connectivity index (χ1) is 20.1. The van der Waals surface area contributed by atoms with E-state index < -0.39 is 14.6 Å². The predicted molar refractivity (Wildman–Crippen MR) is 172 cm³/mol. The maximum Gasteiger partial charge on any atom is 0.472 e. The topological polar surface area (TPSA) is 158 Å². The van der Waals surface area contributed by atoms with E-state index in [2.05, 4.69) is 57.9 Å². The van der Waals surface area contributed by atoms with Crippen LogP contribution in [0.2, 0.25) is 5.02 Å². The third kappa shape index (κ3) is 10.3. The summed E-state index contributed by atoms with van der Waals surface area (Å²) in [5, 5.41) is 9.63. The molecule has 5 N–H and O–H groups in total. The number of amides is 1. The van der Waals surface area contributed by atoms with Crippen LogP contribution in [-0.4, -0.2) is 67.5 Å². The Hall–Kier alpha value is -2.52. The second kappa shape index (κ2) is 15.3. The van der Waals surface area contributed by atoms with E-state index in [1.54, 1.807) is 36.4 Å². The molecule has 0 aliphatic carbocycles. The summed E-state index contributed by atoms with van der Waals surface area (Å²) in [7, 11) is -4.68. The number of hydrogen-bond donors (Lipinski definition) is 5. The lowest BCUT2D eigenvalue weighted by molar-refractivity contribution is -0.114. The molecule has 1 saturated heterocycles. The van der Waals surface area contributed by atoms with E-state index in [0.29, 0.717) is 51.6 Å². The number of likely N-dealkylation sites (tertiary alicyclic amines) is 1. The van der Waals surface area contributed by atoms with Crippen molar-refractivity contribution in [3.05, 3.63) is 53.7 Å². The van der Waals surface area contributed by atoms with E-state index in [1.165, 1.54) is 26.0 Å². The van der Waals surface area contributed by atoms with Crippen molar-refractivity contribution in [3.8, 4) is 17.0 Å². The number of phosphoric ester groups is 1. The fourth-order valence-corrected chi connectivity index (χ4v) is 5.33. The van der Waals surface area contributed by atoms with E-state index in [1.807, 2.05) is 6.07 Å². The van der Waals surface area contributed by atoms with E-state index in [0.717, 1.165) is 30.0 Å². The van der Waals surface area contributed by atoms with Gasteiger partial charge in [0.25, 0.3) is 0 Å². The average molecular weight is 731 g/mol. The molecule has 0 unspecified atom stereocenters. The average Bonchev–Trinajstić information content (AvgIpc) is 2.93. The molecule has 3 aromatic rings. The number of carbonyl (C=O) groups excluding carboxylic acids is 1. The molecule has 12 nitrogen and oxygen atoms in total. The van der Waals surface area contributed by atoms with Crippen molar-refractivity contribution < 1.29 is 28.4 Å². The Morgan fingerprint density at radius 3 is 2.71 bits per heavy atom. The van der Waals surface area contributed by atoms with Gasteiger partial charge in [-0.25, -0.2) is 19.1 Å². The molecule has 0 atom stereocenters. The van der Waals surface area contributed by atoms with Gasteiger partial charge in [-0.15, -0.1) is 0 Å². The monoisotopic (exact) mass is 730 g/mol. The van der Waals surface area contributed by atoms with Crippen molar-refractivity contribution in [2.24, 2.45) is 0 Å². The fraction of sp³-hybridized carbons (Fsp3) is 0.370. The first-order valence-electron chi connectivity index (χ1n) is 13.3. The zero-order valence-corrected chi connectivity index (χ0v) is 26.7. The Bertz CT molecular complexity index is 1420. The van der Waals surface area contributed by atoms with Crippen molar-refractivity contribution >= 4 is 70.9 Å². The minimum absolute atomic E-state index is 0.186. The number of carbonyl (C=O) groups is 1. The summed E-state index contributed by atoms with van der Waals surface area (Å²) < 4.78 is 21.8. The van der Waals surface area contributed by atoms with Gasteiger partial charge in [0, 0.05) is 34.3 Å². The Kier molecular flexibility index (Phi) is 11.8. The summed E-state index contributed by atoms with van der Waals surface area (Å²) in [4.78, 5) is 40.8. The number of ether oxygens (including phenoxy) is 1. The molecule has 0 radical (unpaired) electrons. The lowest BCUT2D eigenvalue weighted by Gasteiger charge is -2.29. The van der Waals surface area contributed by atoms with Gasteiger partial charge in [-0.3, -0.25) is 4.79 Å². The van der Waals surface area contributed by atoms with Gasteiger partial charge in [-0.1, -0.05) is 46.3 Å². The molecule has 1 aliphatic rings. The first-order valence-corrected chi connectivity index (χ1v) is 16.5. The van der Waals surface area contributed by atoms with Crippen LogP contribution < -0.4 is 20.7 Å². The van der Waals surface area contributed by atoms with Gasteiger partial charge >= 0.3 is 7.82 Å². The Morgan fingerprint density at radius 2 is 1.98 bits per heavy atom. The summed E-state index contributed by atoms with van der Waals surface area (Å²) >= 11 is 8.93. The van der Waals surface area contributed by atoms with Crippen LogP contribution in [0.1, 0.15) is 26.2 Å². The number of nitrogens with one attached hydrogen (secondary N) is 3. The van der Waals surface area contributed by atoms with Crippen molar-refractivity contribution in [2.75, 3.05) is 48.9 Å². The molecule has 0 spiro atoms. The normalized spacial score (nSPS) is 14.4. The number of benzene rings is 2. The largest absolute Gasteiger partial charge is 0.472 e. The number of rotatable bonds is 13. The maximum atomic E-state index is 11.5. The lowest BCUT2D eigenvalue weighted by Crippen LogP contribution is -2.35. The molecule has 1 fully saturated rings. The Morgan fingerprint density at radius 1 is 1.19 bits per heavy atom. The van der Waals surface area contributed by atoms with Crippen LogP contribution in [0.4, 0.5) is 23.0 Å². The minimum Gasteiger partial charge on any atom is -0.465 e. The van der Waals surface area contributed by atoms with Crippen LogP contribution in [0.5, 0.6) is 5.75 Å². The van der Waals surface area contributed by atoms with E-state index >= 15 is 0 Å². The van der Waals surface area contributed by atoms with Crippen molar-refractivity contribution in [2.45, 2.75) is 30.1 Å². The van der Waals surface area contributed by atoms with E-state index in [-0.39, 0.29) is 5.91 Å². The summed E-state index contributed by atoms with van der Waals surface area (Å²) in [6.45, 7) is 4.65. The van der Waals surface area contributed by atoms with Crippen LogP contribution in [0, 0.1) is 0 Å². The van der Waals surface area contributed by atoms with Crippen molar-refractivity contribution in [1.82, 2.24) is 14.9 Å². The van der Waals surface area contributed by atoms with Gasteiger partial charge in [-0.2, -0.15) is 0 Å². The third-order valence-electron chi connectivity index (χ3n) is 6.36. The molecule has 15 heteroatoms.